The second-order valence-corrected chi connectivity index (χ2v) is 5.77. The van der Waals surface area contributed by atoms with Gasteiger partial charge in [-0.1, -0.05) is 11.6 Å². The van der Waals surface area contributed by atoms with Gasteiger partial charge < -0.3 is 14.7 Å². The number of ether oxygens (including phenoxy) is 1. The van der Waals surface area contributed by atoms with Crippen LogP contribution < -0.4 is 15.0 Å². The molecule has 0 aliphatic carbocycles. The minimum absolute atomic E-state index is 0.168. The molecule has 0 saturated carbocycles. The molecule has 1 atom stereocenters. The lowest BCUT2D eigenvalue weighted by Gasteiger charge is -2.48. The first kappa shape index (κ1) is 17.4. The number of anilines is 1. The average Bonchev–Trinajstić information content (AvgIpc) is 2.53. The topological polar surface area (TPSA) is 82.1 Å². The van der Waals surface area contributed by atoms with Crippen LogP contribution in [0.25, 0.3) is 0 Å². The van der Waals surface area contributed by atoms with E-state index in [4.69, 9.17) is 16.3 Å². The number of nitrogens with one attached hydrogen (secondary N) is 1. The van der Waals surface area contributed by atoms with Crippen LogP contribution in [0.15, 0.2) is 18.2 Å². The molecule has 0 aromatic heterocycles. The molecule has 0 radical (unpaired) electrons. The maximum Gasteiger partial charge on any atom is 0.409 e. The summed E-state index contributed by atoms with van der Waals surface area (Å²) in [6.07, 6.45) is -1.13. The normalized spacial score (nSPS) is 21.2. The summed E-state index contributed by atoms with van der Waals surface area (Å²) in [6.45, 7) is 2.16. The number of carbonyl (C=O) groups excluding carboxylic acids is 1. The fourth-order valence-electron chi connectivity index (χ4n) is 2.92. The third-order valence-electron chi connectivity index (χ3n) is 4.18. The van der Waals surface area contributed by atoms with Crippen LogP contribution in [0.2, 0.25) is 5.02 Å². The standard InChI is InChI=1S/C15H20ClN3O4/c1-10(20)15(17-2)9-18(6-7-19(15)14(21)22)12-8-11(16)4-5-13(12)23-3/h4-5,8,17H,6-7,9H2,1-3H3,(H,21,22). The van der Waals surface area contributed by atoms with E-state index in [2.05, 4.69) is 5.32 Å². The highest BCUT2D eigenvalue weighted by Crippen LogP contribution is 2.34. The van der Waals surface area contributed by atoms with Crippen molar-refractivity contribution >= 4 is 29.2 Å². The second kappa shape index (κ2) is 6.64. The van der Waals surface area contributed by atoms with Crippen LogP contribution in [-0.4, -0.2) is 61.3 Å². The maximum atomic E-state index is 12.2. The number of ketones is 1. The van der Waals surface area contributed by atoms with E-state index >= 15 is 0 Å². The van der Waals surface area contributed by atoms with Crippen molar-refractivity contribution in [2.45, 2.75) is 12.6 Å². The van der Waals surface area contributed by atoms with Crippen LogP contribution in [0.1, 0.15) is 6.92 Å². The van der Waals surface area contributed by atoms with E-state index in [9.17, 15) is 14.7 Å². The molecule has 1 heterocycles. The number of carbonyl (C=O) groups is 2. The summed E-state index contributed by atoms with van der Waals surface area (Å²) in [4.78, 5) is 26.8. The molecule has 7 nitrogen and oxygen atoms in total. The van der Waals surface area contributed by atoms with Gasteiger partial charge >= 0.3 is 6.09 Å². The van der Waals surface area contributed by atoms with Gasteiger partial charge in [-0.2, -0.15) is 0 Å². The van der Waals surface area contributed by atoms with Gasteiger partial charge in [0.2, 0.25) is 0 Å². The zero-order valence-electron chi connectivity index (χ0n) is 13.3. The molecule has 23 heavy (non-hydrogen) atoms. The number of rotatable bonds is 4. The van der Waals surface area contributed by atoms with E-state index in [-0.39, 0.29) is 18.9 Å². The quantitative estimate of drug-likeness (QED) is 0.866. The molecule has 1 aromatic carbocycles. The zero-order chi connectivity index (χ0) is 17.2. The van der Waals surface area contributed by atoms with Crippen LogP contribution in [0, 0.1) is 0 Å². The van der Waals surface area contributed by atoms with Crippen molar-refractivity contribution in [1.82, 2.24) is 10.2 Å². The molecule has 2 rings (SSSR count). The highest BCUT2D eigenvalue weighted by Gasteiger charge is 2.47. The Labute approximate surface area is 139 Å². The largest absolute Gasteiger partial charge is 0.495 e. The average molecular weight is 342 g/mol. The fraction of sp³-hybridized carbons (Fsp3) is 0.467. The number of piperazine rings is 1. The predicted molar refractivity (Wildman–Crippen MR) is 87.4 cm³/mol. The lowest BCUT2D eigenvalue weighted by molar-refractivity contribution is -0.130. The van der Waals surface area contributed by atoms with Crippen molar-refractivity contribution in [3.05, 3.63) is 23.2 Å². The number of hydrogen-bond acceptors (Lipinski definition) is 5. The number of amides is 1. The van der Waals surface area contributed by atoms with Gasteiger partial charge in [0, 0.05) is 18.1 Å². The molecule has 0 bridgehead atoms. The molecular formula is C15H20ClN3O4. The van der Waals surface area contributed by atoms with Gasteiger partial charge in [0.15, 0.2) is 11.4 Å². The number of hydrogen-bond donors (Lipinski definition) is 2. The third kappa shape index (κ3) is 3.07. The summed E-state index contributed by atoms with van der Waals surface area (Å²) in [5.74, 6) is 0.347. The summed E-state index contributed by atoms with van der Waals surface area (Å²) in [7, 11) is 3.13. The smallest absolute Gasteiger partial charge is 0.409 e. The first-order chi connectivity index (χ1) is 10.9. The van der Waals surface area contributed by atoms with Crippen molar-refractivity contribution in [1.29, 1.82) is 0 Å². The van der Waals surface area contributed by atoms with Crippen LogP contribution in [-0.2, 0) is 4.79 Å². The first-order valence-corrected chi connectivity index (χ1v) is 7.52. The Morgan fingerprint density at radius 2 is 2.09 bits per heavy atom. The van der Waals surface area contributed by atoms with Crippen LogP contribution >= 0.6 is 11.6 Å². The van der Waals surface area contributed by atoms with E-state index in [1.54, 1.807) is 32.4 Å². The van der Waals surface area contributed by atoms with Crippen LogP contribution in [0.3, 0.4) is 0 Å². The first-order valence-electron chi connectivity index (χ1n) is 7.14. The number of benzene rings is 1. The Hall–Kier alpha value is -1.99. The summed E-state index contributed by atoms with van der Waals surface area (Å²) in [5, 5.41) is 12.8. The van der Waals surface area contributed by atoms with E-state index < -0.39 is 11.8 Å². The van der Waals surface area contributed by atoms with Gasteiger partial charge in [-0.05, 0) is 32.2 Å². The Morgan fingerprint density at radius 1 is 1.39 bits per heavy atom. The number of carboxylic acid groups (broad SMARTS) is 1. The molecule has 1 saturated heterocycles. The highest BCUT2D eigenvalue weighted by atomic mass is 35.5. The molecule has 0 spiro atoms. The van der Waals surface area contributed by atoms with Crippen LogP contribution in [0.4, 0.5) is 10.5 Å². The highest BCUT2D eigenvalue weighted by molar-refractivity contribution is 6.31. The van der Waals surface area contributed by atoms with Gasteiger partial charge in [-0.3, -0.25) is 15.0 Å². The Balaban J connectivity index is 2.43. The van der Waals surface area contributed by atoms with Gasteiger partial charge in [0.05, 0.1) is 19.3 Å². The summed E-state index contributed by atoms with van der Waals surface area (Å²) in [6, 6.07) is 5.21. The zero-order valence-corrected chi connectivity index (χ0v) is 14.1. The van der Waals surface area contributed by atoms with Crippen molar-refractivity contribution in [3.63, 3.8) is 0 Å². The molecular weight excluding hydrogens is 322 g/mol. The minimum atomic E-state index is -1.31. The van der Waals surface area contributed by atoms with E-state index in [1.165, 1.54) is 6.92 Å². The predicted octanol–water partition coefficient (Wildman–Crippen LogP) is 1.65. The number of Topliss-reactive ketones (excluding diaryl/α,β-unsaturated/α-hetero) is 1. The molecule has 1 unspecified atom stereocenters. The number of likely N-dealkylation sites (N-methyl/N-ethyl adjacent to an activating group) is 1. The van der Waals surface area contributed by atoms with Crippen molar-refractivity contribution < 1.29 is 19.4 Å². The summed E-state index contributed by atoms with van der Waals surface area (Å²) < 4.78 is 5.35. The molecule has 1 amide bonds. The summed E-state index contributed by atoms with van der Waals surface area (Å²) >= 11 is 6.07. The third-order valence-corrected chi connectivity index (χ3v) is 4.42. The van der Waals surface area contributed by atoms with E-state index in [0.717, 1.165) is 10.6 Å². The molecule has 8 heteroatoms. The lowest BCUT2D eigenvalue weighted by atomic mass is 9.99. The SMILES string of the molecule is CNC1(C(C)=O)CN(c2cc(Cl)ccc2OC)CCN1C(=O)O. The Bertz CT molecular complexity index is 625. The monoisotopic (exact) mass is 341 g/mol. The van der Waals surface area contributed by atoms with E-state index in [0.29, 0.717) is 17.3 Å². The Kier molecular flexibility index (Phi) is 5.01. The fourth-order valence-corrected chi connectivity index (χ4v) is 3.08. The van der Waals surface area contributed by atoms with Crippen molar-refractivity contribution in [2.24, 2.45) is 0 Å². The minimum Gasteiger partial charge on any atom is -0.495 e. The number of methoxy groups -OCH3 is 1. The molecule has 2 N–H and O–H groups in total. The van der Waals surface area contributed by atoms with Crippen molar-refractivity contribution in [3.8, 4) is 5.75 Å². The van der Waals surface area contributed by atoms with Crippen LogP contribution in [0.5, 0.6) is 5.75 Å². The molecule has 126 valence electrons. The molecule has 1 aromatic rings. The molecule has 1 aliphatic heterocycles. The molecule has 1 fully saturated rings. The van der Waals surface area contributed by atoms with E-state index in [1.807, 2.05) is 4.90 Å². The summed E-state index contributed by atoms with van der Waals surface area (Å²) in [5.41, 5.74) is -0.580. The molecule has 1 aliphatic rings. The van der Waals surface area contributed by atoms with Gasteiger partial charge in [0.25, 0.3) is 0 Å². The number of nitrogens with zero attached hydrogens (tertiary/aromatic N) is 2. The van der Waals surface area contributed by atoms with Gasteiger partial charge in [-0.25, -0.2) is 4.79 Å². The van der Waals surface area contributed by atoms with Gasteiger partial charge in [-0.15, -0.1) is 0 Å². The second-order valence-electron chi connectivity index (χ2n) is 5.34. The number of halogens is 1. The Morgan fingerprint density at radius 3 is 2.61 bits per heavy atom. The van der Waals surface area contributed by atoms with Gasteiger partial charge in [0.1, 0.15) is 5.75 Å². The lowest BCUT2D eigenvalue weighted by Crippen LogP contribution is -2.73. The maximum absolute atomic E-state index is 12.2. The van der Waals surface area contributed by atoms with Crippen molar-refractivity contribution in [2.75, 3.05) is 38.7 Å².